The average molecular weight is 374 g/mol. The highest BCUT2D eigenvalue weighted by Gasteiger charge is 2.41. The molecule has 138 valence electrons. The van der Waals surface area contributed by atoms with Crippen molar-refractivity contribution in [2.24, 2.45) is 0 Å². The van der Waals surface area contributed by atoms with Gasteiger partial charge in [-0.25, -0.2) is 13.4 Å². The van der Waals surface area contributed by atoms with Crippen LogP contribution < -0.4 is 0 Å². The quantitative estimate of drug-likeness (QED) is 0.701. The molecule has 0 spiro atoms. The largest absolute Gasteiger partial charge is 0.360 e. The molecule has 0 saturated carbocycles. The maximum atomic E-state index is 12.9. The van der Waals surface area contributed by atoms with E-state index in [0.29, 0.717) is 24.5 Å². The second-order valence-electron chi connectivity index (χ2n) is 7.11. The number of sulfonamides is 1. The smallest absolute Gasteiger partial charge is 0.248 e. The van der Waals surface area contributed by atoms with E-state index in [-0.39, 0.29) is 16.9 Å². The van der Waals surface area contributed by atoms with Crippen LogP contribution in [-0.2, 0) is 10.0 Å². The Hall–Kier alpha value is -2.19. The van der Waals surface area contributed by atoms with E-state index in [1.165, 1.54) is 4.31 Å². The summed E-state index contributed by atoms with van der Waals surface area (Å²) in [7, 11) is -3.59. The Morgan fingerprint density at radius 1 is 1.19 bits per heavy atom. The summed E-state index contributed by atoms with van der Waals surface area (Å²) in [4.78, 5) is 4.94. The van der Waals surface area contributed by atoms with E-state index in [1.807, 2.05) is 24.3 Å². The molecular formula is C18H22N4O3S. The van der Waals surface area contributed by atoms with Crippen molar-refractivity contribution in [2.75, 3.05) is 13.1 Å². The van der Waals surface area contributed by atoms with E-state index < -0.39 is 10.0 Å². The van der Waals surface area contributed by atoms with E-state index in [9.17, 15) is 8.42 Å². The molecule has 8 heteroatoms. The SMILES string of the molecule is Cc1noc(C)c1S(=O)(=O)N1CC(n2c(C(C)C)nc3ccccc32)C1. The van der Waals surface area contributed by atoms with Crippen LogP contribution in [0.4, 0.5) is 0 Å². The van der Waals surface area contributed by atoms with Crippen molar-refractivity contribution in [3.8, 4) is 0 Å². The van der Waals surface area contributed by atoms with E-state index >= 15 is 0 Å². The van der Waals surface area contributed by atoms with Crippen molar-refractivity contribution in [3.05, 3.63) is 41.5 Å². The highest BCUT2D eigenvalue weighted by atomic mass is 32.2. The fraction of sp³-hybridized carbons (Fsp3) is 0.444. The number of hydrogen-bond acceptors (Lipinski definition) is 5. The van der Waals surface area contributed by atoms with Gasteiger partial charge in [-0.3, -0.25) is 0 Å². The first-order chi connectivity index (χ1) is 12.3. The summed E-state index contributed by atoms with van der Waals surface area (Å²) in [5, 5.41) is 3.77. The fourth-order valence-corrected chi connectivity index (χ4v) is 5.41. The van der Waals surface area contributed by atoms with Crippen LogP contribution in [0.25, 0.3) is 11.0 Å². The summed E-state index contributed by atoms with van der Waals surface area (Å²) in [6.07, 6.45) is 0. The zero-order chi connectivity index (χ0) is 18.6. The molecular weight excluding hydrogens is 352 g/mol. The molecule has 4 rings (SSSR count). The summed E-state index contributed by atoms with van der Waals surface area (Å²) in [6.45, 7) is 8.34. The van der Waals surface area contributed by atoms with Crippen molar-refractivity contribution in [1.29, 1.82) is 0 Å². The van der Waals surface area contributed by atoms with Crippen LogP contribution in [0.15, 0.2) is 33.7 Å². The van der Waals surface area contributed by atoms with Gasteiger partial charge in [0.2, 0.25) is 10.0 Å². The molecule has 0 bridgehead atoms. The maximum absolute atomic E-state index is 12.9. The van der Waals surface area contributed by atoms with Crippen molar-refractivity contribution in [1.82, 2.24) is 19.0 Å². The molecule has 3 heterocycles. The number of fused-ring (bicyclic) bond motifs is 1. The summed E-state index contributed by atoms with van der Waals surface area (Å²) in [5.74, 6) is 1.59. The number of aryl methyl sites for hydroxylation is 2. The third kappa shape index (κ3) is 2.47. The van der Waals surface area contributed by atoms with Crippen molar-refractivity contribution in [3.63, 3.8) is 0 Å². The Kier molecular flexibility index (Phi) is 3.92. The molecule has 26 heavy (non-hydrogen) atoms. The highest BCUT2D eigenvalue weighted by Crippen LogP contribution is 2.35. The minimum atomic E-state index is -3.59. The third-order valence-corrected chi connectivity index (χ3v) is 6.98. The van der Waals surface area contributed by atoms with Gasteiger partial charge in [0.05, 0.1) is 17.1 Å². The number of benzene rings is 1. The minimum Gasteiger partial charge on any atom is -0.360 e. The molecule has 2 aromatic heterocycles. The third-order valence-electron chi connectivity index (χ3n) is 4.90. The van der Waals surface area contributed by atoms with Gasteiger partial charge in [-0.15, -0.1) is 0 Å². The van der Waals surface area contributed by atoms with E-state index in [4.69, 9.17) is 9.51 Å². The van der Waals surface area contributed by atoms with Gasteiger partial charge in [-0.2, -0.15) is 4.31 Å². The lowest BCUT2D eigenvalue weighted by Crippen LogP contribution is -2.51. The van der Waals surface area contributed by atoms with Crippen LogP contribution in [0.5, 0.6) is 0 Å². The molecule has 0 amide bonds. The zero-order valence-corrected chi connectivity index (χ0v) is 16.1. The summed E-state index contributed by atoms with van der Waals surface area (Å²) in [6, 6.07) is 8.07. The lowest BCUT2D eigenvalue weighted by molar-refractivity contribution is 0.203. The molecule has 1 aliphatic rings. The van der Waals surface area contributed by atoms with Crippen LogP contribution in [0.3, 0.4) is 0 Å². The molecule has 0 N–H and O–H groups in total. The van der Waals surface area contributed by atoms with Gasteiger partial charge in [0.25, 0.3) is 0 Å². The van der Waals surface area contributed by atoms with Crippen LogP contribution in [0.2, 0.25) is 0 Å². The summed E-state index contributed by atoms with van der Waals surface area (Å²) < 4.78 is 34.6. The Morgan fingerprint density at radius 3 is 2.50 bits per heavy atom. The second-order valence-corrected chi connectivity index (χ2v) is 8.99. The molecule has 1 aliphatic heterocycles. The molecule has 0 radical (unpaired) electrons. The normalized spacial score (nSPS) is 16.5. The van der Waals surface area contributed by atoms with Crippen molar-refractivity contribution in [2.45, 2.75) is 44.6 Å². The topological polar surface area (TPSA) is 81.2 Å². The van der Waals surface area contributed by atoms with Gasteiger partial charge in [-0.05, 0) is 26.0 Å². The maximum Gasteiger partial charge on any atom is 0.248 e. The average Bonchev–Trinajstić information content (AvgIpc) is 3.07. The Morgan fingerprint density at radius 2 is 1.88 bits per heavy atom. The number of nitrogens with zero attached hydrogens (tertiary/aromatic N) is 4. The lowest BCUT2D eigenvalue weighted by atomic mass is 10.1. The van der Waals surface area contributed by atoms with E-state index in [2.05, 4.69) is 23.6 Å². The van der Waals surface area contributed by atoms with Crippen LogP contribution in [-0.4, -0.2) is 40.5 Å². The number of rotatable bonds is 4. The summed E-state index contributed by atoms with van der Waals surface area (Å²) in [5.41, 5.74) is 2.40. The molecule has 1 fully saturated rings. The number of hydrogen-bond donors (Lipinski definition) is 0. The fourth-order valence-electron chi connectivity index (χ4n) is 3.60. The van der Waals surface area contributed by atoms with Crippen molar-refractivity contribution >= 4 is 21.1 Å². The molecule has 0 atom stereocenters. The first kappa shape index (κ1) is 17.2. The molecule has 3 aromatic rings. The van der Waals surface area contributed by atoms with Crippen molar-refractivity contribution < 1.29 is 12.9 Å². The second kappa shape index (κ2) is 5.92. The molecule has 1 aromatic carbocycles. The van der Waals surface area contributed by atoms with Gasteiger partial charge in [0.1, 0.15) is 16.4 Å². The molecule has 7 nitrogen and oxygen atoms in total. The van der Waals surface area contributed by atoms with E-state index in [0.717, 1.165) is 16.9 Å². The zero-order valence-electron chi connectivity index (χ0n) is 15.3. The monoisotopic (exact) mass is 374 g/mol. The molecule has 1 saturated heterocycles. The van der Waals surface area contributed by atoms with E-state index in [1.54, 1.807) is 13.8 Å². The lowest BCUT2D eigenvalue weighted by Gasteiger charge is -2.39. The highest BCUT2D eigenvalue weighted by molar-refractivity contribution is 7.89. The van der Waals surface area contributed by atoms with Crippen LogP contribution >= 0.6 is 0 Å². The van der Waals surface area contributed by atoms with Gasteiger partial charge in [0, 0.05) is 19.0 Å². The number of imidazole rings is 1. The summed E-state index contributed by atoms with van der Waals surface area (Å²) >= 11 is 0. The van der Waals surface area contributed by atoms with Crippen LogP contribution in [0, 0.1) is 13.8 Å². The standard InChI is InChI=1S/C18H22N4O3S/c1-11(2)18-19-15-7-5-6-8-16(15)22(18)14-9-21(10-14)26(23,24)17-12(3)20-25-13(17)4/h5-8,11,14H,9-10H2,1-4H3. The van der Waals surface area contributed by atoms with Gasteiger partial charge in [-0.1, -0.05) is 31.1 Å². The number of para-hydroxylation sites is 2. The number of aromatic nitrogens is 3. The molecule has 0 aliphatic carbocycles. The predicted octanol–water partition coefficient (Wildman–Crippen LogP) is 3.01. The Labute approximate surface area is 152 Å². The van der Waals surface area contributed by atoms with Crippen LogP contribution in [0.1, 0.15) is 43.1 Å². The van der Waals surface area contributed by atoms with Gasteiger partial charge >= 0.3 is 0 Å². The minimum absolute atomic E-state index is 0.0787. The molecule has 0 unspecified atom stereocenters. The Bertz CT molecular complexity index is 1060. The van der Waals surface area contributed by atoms with Gasteiger partial charge in [0.15, 0.2) is 5.76 Å². The van der Waals surface area contributed by atoms with Gasteiger partial charge < -0.3 is 9.09 Å². The Balaban J connectivity index is 1.67. The first-order valence-corrected chi connectivity index (χ1v) is 10.1. The predicted molar refractivity (Wildman–Crippen MR) is 97.6 cm³/mol. The first-order valence-electron chi connectivity index (χ1n) is 8.70.